The van der Waals surface area contributed by atoms with Gasteiger partial charge in [-0.15, -0.1) is 24.0 Å². The predicted octanol–water partition coefficient (Wildman–Crippen LogP) is 4.14. The lowest BCUT2D eigenvalue weighted by molar-refractivity contribution is -0.149. The van der Waals surface area contributed by atoms with Crippen LogP contribution < -0.4 is 10.6 Å². The predicted molar refractivity (Wildman–Crippen MR) is 129 cm³/mol. The van der Waals surface area contributed by atoms with E-state index in [-0.39, 0.29) is 41.7 Å². The van der Waals surface area contributed by atoms with Crippen LogP contribution in [0.5, 0.6) is 0 Å². The number of ether oxygens (including phenoxy) is 1. The van der Waals surface area contributed by atoms with Crippen LogP contribution in [0, 0.1) is 11.7 Å². The Morgan fingerprint density at radius 3 is 2.73 bits per heavy atom. The highest BCUT2D eigenvalue weighted by atomic mass is 127. The van der Waals surface area contributed by atoms with E-state index in [4.69, 9.17) is 9.73 Å². The summed E-state index contributed by atoms with van der Waals surface area (Å²) < 4.78 is 18.7. The Labute approximate surface area is 194 Å². The molecule has 0 amide bonds. The van der Waals surface area contributed by atoms with Crippen LogP contribution >= 0.6 is 24.0 Å². The Kier molecular flexibility index (Phi) is 9.87. The average molecular weight is 530 g/mol. The minimum Gasteiger partial charge on any atom is -0.466 e. The summed E-state index contributed by atoms with van der Waals surface area (Å²) in [5, 5.41) is 7.70. The zero-order valence-electron chi connectivity index (χ0n) is 17.7. The number of H-pyrrole nitrogens is 1. The first-order chi connectivity index (χ1) is 14.1. The fourth-order valence-corrected chi connectivity index (χ4v) is 3.89. The molecule has 2 aromatic rings. The van der Waals surface area contributed by atoms with Crippen molar-refractivity contribution >= 4 is 46.8 Å². The number of carbonyl (C=O) groups excluding carboxylic acids is 1. The molecule has 0 unspecified atom stereocenters. The third-order valence-corrected chi connectivity index (χ3v) is 5.41. The average Bonchev–Trinajstić information content (AvgIpc) is 3.11. The van der Waals surface area contributed by atoms with Crippen molar-refractivity contribution in [3.05, 3.63) is 35.8 Å². The van der Waals surface area contributed by atoms with Crippen LogP contribution in [0.15, 0.2) is 29.4 Å². The molecule has 0 spiro atoms. The molecule has 8 heteroatoms. The van der Waals surface area contributed by atoms with Crippen molar-refractivity contribution in [1.29, 1.82) is 0 Å². The Bertz CT molecular complexity index is 847. The van der Waals surface area contributed by atoms with E-state index in [9.17, 15) is 9.18 Å². The van der Waals surface area contributed by atoms with Crippen molar-refractivity contribution in [2.24, 2.45) is 10.9 Å². The minimum absolute atomic E-state index is 0. The number of hydrogen-bond acceptors (Lipinski definition) is 3. The molecule has 0 atom stereocenters. The summed E-state index contributed by atoms with van der Waals surface area (Å²) in [6, 6.07) is 5.09. The molecule has 1 aliphatic carbocycles. The third kappa shape index (κ3) is 6.58. The second-order valence-corrected chi connectivity index (χ2v) is 7.46. The number of nitrogens with one attached hydrogen (secondary N) is 3. The Balaban J connectivity index is 0.00000320. The smallest absolute Gasteiger partial charge is 0.308 e. The first-order valence-electron chi connectivity index (χ1n) is 10.6. The molecular formula is C22H32FIN4O2. The van der Waals surface area contributed by atoms with Crippen molar-refractivity contribution in [3.8, 4) is 0 Å². The summed E-state index contributed by atoms with van der Waals surface area (Å²) in [6.45, 7) is 5.71. The molecule has 0 aliphatic heterocycles. The van der Waals surface area contributed by atoms with E-state index in [2.05, 4.69) is 15.6 Å². The number of halogens is 2. The Hall–Kier alpha value is -1.84. The normalized spacial score (nSPS) is 19.2. The lowest BCUT2D eigenvalue weighted by atomic mass is 9.86. The number of esters is 1. The minimum atomic E-state index is -0.227. The number of benzene rings is 1. The zero-order valence-corrected chi connectivity index (χ0v) is 20.0. The largest absolute Gasteiger partial charge is 0.466 e. The number of guanidine groups is 1. The molecular weight excluding hydrogens is 498 g/mol. The van der Waals surface area contributed by atoms with Gasteiger partial charge >= 0.3 is 5.97 Å². The topological polar surface area (TPSA) is 78.5 Å². The van der Waals surface area contributed by atoms with Gasteiger partial charge in [0.05, 0.1) is 12.5 Å². The maximum absolute atomic E-state index is 13.5. The molecule has 30 heavy (non-hydrogen) atoms. The van der Waals surface area contributed by atoms with Crippen LogP contribution in [0.25, 0.3) is 10.9 Å². The van der Waals surface area contributed by atoms with Crippen LogP contribution in [-0.4, -0.2) is 42.7 Å². The van der Waals surface area contributed by atoms with E-state index in [0.29, 0.717) is 19.2 Å². The second kappa shape index (κ2) is 12.1. The van der Waals surface area contributed by atoms with Gasteiger partial charge < -0.3 is 20.4 Å². The first-order valence-corrected chi connectivity index (χ1v) is 10.6. The van der Waals surface area contributed by atoms with E-state index in [1.54, 1.807) is 12.1 Å². The van der Waals surface area contributed by atoms with Gasteiger partial charge in [0.2, 0.25) is 0 Å². The molecule has 1 aliphatic rings. The standard InChI is InChI=1S/C22H31FN4O2.HI/c1-3-24-22(27-18-8-5-15(6-9-18)21(28)29-4-2)25-12-11-16-14-26-20-10-7-17(23)13-19(16)20;/h7,10,13-15,18,26H,3-6,8-9,11-12H2,1-2H3,(H2,24,25,27);1H. The number of fused-ring (bicyclic) bond motifs is 1. The molecule has 1 saturated carbocycles. The molecule has 166 valence electrons. The molecule has 1 heterocycles. The lowest BCUT2D eigenvalue weighted by Crippen LogP contribution is -2.45. The molecule has 0 radical (unpaired) electrons. The summed E-state index contributed by atoms with van der Waals surface area (Å²) in [5.41, 5.74) is 2.00. The van der Waals surface area contributed by atoms with Crippen LogP contribution in [0.2, 0.25) is 0 Å². The number of hydrogen-bond donors (Lipinski definition) is 3. The molecule has 1 fully saturated rings. The van der Waals surface area contributed by atoms with E-state index in [1.165, 1.54) is 6.07 Å². The monoisotopic (exact) mass is 530 g/mol. The van der Waals surface area contributed by atoms with Gasteiger partial charge in [0.15, 0.2) is 5.96 Å². The maximum Gasteiger partial charge on any atom is 0.308 e. The van der Waals surface area contributed by atoms with Crippen molar-refractivity contribution < 1.29 is 13.9 Å². The Morgan fingerprint density at radius 2 is 2.03 bits per heavy atom. The molecule has 3 rings (SSSR count). The van der Waals surface area contributed by atoms with Gasteiger partial charge in [0.1, 0.15) is 5.82 Å². The number of aliphatic imine (C=N–C) groups is 1. The zero-order chi connectivity index (χ0) is 20.6. The summed E-state index contributed by atoms with van der Waals surface area (Å²) in [6.07, 6.45) is 6.20. The highest BCUT2D eigenvalue weighted by molar-refractivity contribution is 14.0. The number of rotatable bonds is 7. The van der Waals surface area contributed by atoms with Crippen LogP contribution in [0.4, 0.5) is 4.39 Å². The van der Waals surface area contributed by atoms with E-state index < -0.39 is 0 Å². The molecule has 6 nitrogen and oxygen atoms in total. The quantitative estimate of drug-likeness (QED) is 0.218. The molecule has 0 bridgehead atoms. The summed E-state index contributed by atoms with van der Waals surface area (Å²) in [5.74, 6) is 0.518. The second-order valence-electron chi connectivity index (χ2n) is 7.46. The van der Waals surface area contributed by atoms with Crippen LogP contribution in [0.1, 0.15) is 45.1 Å². The van der Waals surface area contributed by atoms with Gasteiger partial charge in [-0.25, -0.2) is 4.39 Å². The van der Waals surface area contributed by atoms with Crippen LogP contribution in [0.3, 0.4) is 0 Å². The third-order valence-electron chi connectivity index (χ3n) is 5.41. The van der Waals surface area contributed by atoms with E-state index in [0.717, 1.165) is 61.1 Å². The van der Waals surface area contributed by atoms with E-state index in [1.807, 2.05) is 20.0 Å². The number of aromatic amines is 1. The van der Waals surface area contributed by atoms with Crippen molar-refractivity contribution in [2.45, 2.75) is 52.0 Å². The van der Waals surface area contributed by atoms with Crippen molar-refractivity contribution in [3.63, 3.8) is 0 Å². The molecule has 1 aromatic carbocycles. The first kappa shape index (κ1) is 24.4. The summed E-state index contributed by atoms with van der Waals surface area (Å²) in [7, 11) is 0. The van der Waals surface area contributed by atoms with Gasteiger partial charge in [-0.05, 0) is 69.7 Å². The van der Waals surface area contributed by atoms with Gasteiger partial charge in [-0.2, -0.15) is 0 Å². The summed E-state index contributed by atoms with van der Waals surface area (Å²) in [4.78, 5) is 19.8. The molecule has 0 saturated heterocycles. The van der Waals surface area contributed by atoms with Gasteiger partial charge in [0.25, 0.3) is 0 Å². The van der Waals surface area contributed by atoms with Crippen molar-refractivity contribution in [2.75, 3.05) is 19.7 Å². The molecule has 3 N–H and O–H groups in total. The highest BCUT2D eigenvalue weighted by Gasteiger charge is 2.27. The number of nitrogens with zero attached hydrogens (tertiary/aromatic N) is 1. The SMILES string of the molecule is CCNC(=NCCc1c[nH]c2ccc(F)cc12)NC1CCC(C(=O)OCC)CC1.I. The van der Waals surface area contributed by atoms with Crippen molar-refractivity contribution in [1.82, 2.24) is 15.6 Å². The van der Waals surface area contributed by atoms with Gasteiger partial charge in [0, 0.05) is 36.2 Å². The van der Waals surface area contributed by atoms with E-state index >= 15 is 0 Å². The van der Waals surface area contributed by atoms with Gasteiger partial charge in [-0.1, -0.05) is 0 Å². The van der Waals surface area contributed by atoms with Crippen LogP contribution in [-0.2, 0) is 16.0 Å². The Morgan fingerprint density at radius 1 is 1.27 bits per heavy atom. The molecule has 1 aromatic heterocycles. The fraction of sp³-hybridized carbons (Fsp3) is 0.545. The summed E-state index contributed by atoms with van der Waals surface area (Å²) >= 11 is 0. The van der Waals surface area contributed by atoms with Gasteiger partial charge in [-0.3, -0.25) is 9.79 Å². The number of carbonyl (C=O) groups is 1. The number of aromatic nitrogens is 1. The maximum atomic E-state index is 13.5. The highest BCUT2D eigenvalue weighted by Crippen LogP contribution is 2.25. The fourth-order valence-electron chi connectivity index (χ4n) is 3.89. The lowest BCUT2D eigenvalue weighted by Gasteiger charge is -2.29.